The molecule has 1 rings (SSSR count). The molecule has 0 spiro atoms. The molecule has 0 atom stereocenters. The largest absolute Gasteiger partial charge is 0.504 e. The Kier molecular flexibility index (Phi) is 5.20. The second kappa shape index (κ2) is 6.01. The summed E-state index contributed by atoms with van der Waals surface area (Å²) < 4.78 is 17.4. The van der Waals surface area contributed by atoms with Gasteiger partial charge in [0.05, 0.1) is 0 Å². The smallest absolute Gasteiger partial charge is 0.377 e. The zero-order valence-corrected chi connectivity index (χ0v) is 12.4. The van der Waals surface area contributed by atoms with Gasteiger partial charge in [0.15, 0.2) is 0 Å². The first-order valence-electron chi connectivity index (χ1n) is 6.28. The summed E-state index contributed by atoms with van der Waals surface area (Å²) in [6, 6.07) is 0. The van der Waals surface area contributed by atoms with Crippen LogP contribution in [0.15, 0.2) is 0 Å². The summed E-state index contributed by atoms with van der Waals surface area (Å²) in [4.78, 5) is 0. The molecule has 0 aliphatic heterocycles. The zero-order chi connectivity index (χ0) is 12.9. The van der Waals surface area contributed by atoms with Gasteiger partial charge in [0, 0.05) is 19.8 Å². The van der Waals surface area contributed by atoms with Gasteiger partial charge in [-0.2, -0.15) is 0 Å². The molecule has 1 saturated carbocycles. The predicted molar refractivity (Wildman–Crippen MR) is 70.6 cm³/mol. The highest BCUT2D eigenvalue weighted by Gasteiger charge is 2.51. The molecule has 98 valence electrons. The van der Waals surface area contributed by atoms with Crippen LogP contribution in [0.4, 0.5) is 0 Å². The Hall–Kier alpha value is -0.343. The molecule has 0 saturated heterocycles. The Labute approximate surface area is 106 Å². The van der Waals surface area contributed by atoms with Crippen molar-refractivity contribution in [3.63, 3.8) is 0 Å². The minimum Gasteiger partial charge on any atom is -0.377 e. The van der Waals surface area contributed by atoms with Gasteiger partial charge in [-0.1, -0.05) is 25.2 Å². The SMILES string of the molecule is C#CC(C)(C)O[Si](OC)(OC)C1CCCCC1. The number of hydrogen-bond acceptors (Lipinski definition) is 3. The van der Waals surface area contributed by atoms with Crippen LogP contribution in [-0.2, 0) is 13.3 Å². The van der Waals surface area contributed by atoms with Crippen LogP contribution in [0, 0.1) is 12.3 Å². The van der Waals surface area contributed by atoms with Crippen LogP contribution in [0.5, 0.6) is 0 Å². The molecule has 0 aromatic rings. The lowest BCUT2D eigenvalue weighted by Gasteiger charge is -2.39. The molecule has 1 fully saturated rings. The van der Waals surface area contributed by atoms with Crippen molar-refractivity contribution in [2.45, 2.75) is 57.1 Å². The molecule has 17 heavy (non-hydrogen) atoms. The van der Waals surface area contributed by atoms with Crippen molar-refractivity contribution >= 4 is 8.80 Å². The van der Waals surface area contributed by atoms with Crippen molar-refractivity contribution < 1.29 is 13.3 Å². The molecule has 0 bridgehead atoms. The van der Waals surface area contributed by atoms with Gasteiger partial charge in [0.2, 0.25) is 0 Å². The lowest BCUT2D eigenvalue weighted by atomic mass is 10.0. The molecule has 0 heterocycles. The van der Waals surface area contributed by atoms with Crippen molar-refractivity contribution in [3.05, 3.63) is 0 Å². The second-order valence-electron chi connectivity index (χ2n) is 5.10. The van der Waals surface area contributed by atoms with E-state index in [2.05, 4.69) is 5.92 Å². The van der Waals surface area contributed by atoms with Crippen LogP contribution < -0.4 is 0 Å². The standard InChI is InChI=1S/C13H24O3Si/c1-6-13(2,3)16-17(14-4,15-5)12-10-8-7-9-11-12/h1,12H,7-11H2,2-5H3. The number of rotatable bonds is 5. The van der Waals surface area contributed by atoms with Crippen LogP contribution in [0.25, 0.3) is 0 Å². The monoisotopic (exact) mass is 256 g/mol. The maximum atomic E-state index is 6.07. The minimum absolute atomic E-state index is 0.388. The summed E-state index contributed by atoms with van der Waals surface area (Å²) in [6.45, 7) is 3.77. The van der Waals surface area contributed by atoms with Gasteiger partial charge >= 0.3 is 8.80 Å². The van der Waals surface area contributed by atoms with E-state index in [-0.39, 0.29) is 0 Å². The van der Waals surface area contributed by atoms with E-state index in [0.29, 0.717) is 5.54 Å². The molecule has 0 N–H and O–H groups in total. The lowest BCUT2D eigenvalue weighted by molar-refractivity contribution is 0.0259. The highest BCUT2D eigenvalue weighted by molar-refractivity contribution is 6.62. The number of terminal acetylenes is 1. The third-order valence-corrected chi connectivity index (χ3v) is 6.93. The third kappa shape index (κ3) is 3.56. The van der Waals surface area contributed by atoms with Crippen LogP contribution in [-0.4, -0.2) is 28.6 Å². The van der Waals surface area contributed by atoms with Crippen molar-refractivity contribution in [1.29, 1.82) is 0 Å². The second-order valence-corrected chi connectivity index (χ2v) is 8.15. The molecule has 0 unspecified atom stereocenters. The Morgan fingerprint density at radius 2 is 1.65 bits per heavy atom. The zero-order valence-electron chi connectivity index (χ0n) is 11.4. The maximum Gasteiger partial charge on any atom is 0.504 e. The molecule has 0 aromatic heterocycles. The Bertz CT molecular complexity index is 273. The molecule has 0 radical (unpaired) electrons. The third-order valence-electron chi connectivity index (χ3n) is 3.42. The summed E-state index contributed by atoms with van der Waals surface area (Å²) in [5, 5.41) is 0. The number of hydrogen-bond donors (Lipinski definition) is 0. The van der Waals surface area contributed by atoms with Crippen LogP contribution in [0.1, 0.15) is 46.0 Å². The predicted octanol–water partition coefficient (Wildman–Crippen LogP) is 2.98. The Morgan fingerprint density at radius 1 is 1.12 bits per heavy atom. The topological polar surface area (TPSA) is 27.7 Å². The minimum atomic E-state index is -2.64. The summed E-state index contributed by atoms with van der Waals surface area (Å²) in [5.41, 5.74) is -0.241. The first-order chi connectivity index (χ1) is 7.99. The van der Waals surface area contributed by atoms with E-state index >= 15 is 0 Å². The Morgan fingerprint density at radius 3 is 2.06 bits per heavy atom. The average Bonchev–Trinajstić information content (AvgIpc) is 2.37. The molecular formula is C13H24O3Si. The van der Waals surface area contributed by atoms with E-state index in [9.17, 15) is 0 Å². The fourth-order valence-electron chi connectivity index (χ4n) is 2.42. The summed E-state index contributed by atoms with van der Waals surface area (Å²) >= 11 is 0. The summed E-state index contributed by atoms with van der Waals surface area (Å²) in [5.74, 6) is 2.66. The summed E-state index contributed by atoms with van der Waals surface area (Å²) in [6.07, 6.45) is 11.5. The fourth-order valence-corrected chi connectivity index (χ4v) is 5.48. The van der Waals surface area contributed by atoms with Crippen LogP contribution in [0.2, 0.25) is 5.54 Å². The van der Waals surface area contributed by atoms with Gasteiger partial charge in [-0.25, -0.2) is 0 Å². The normalized spacial score (nSPS) is 19.0. The van der Waals surface area contributed by atoms with E-state index in [0.717, 1.165) is 12.8 Å². The van der Waals surface area contributed by atoms with Crippen molar-refractivity contribution in [2.75, 3.05) is 14.2 Å². The molecular weight excluding hydrogens is 232 g/mol. The highest BCUT2D eigenvalue weighted by Crippen LogP contribution is 2.39. The van der Waals surface area contributed by atoms with Crippen molar-refractivity contribution in [1.82, 2.24) is 0 Å². The van der Waals surface area contributed by atoms with Gasteiger partial charge in [0.1, 0.15) is 5.60 Å². The van der Waals surface area contributed by atoms with Gasteiger partial charge in [-0.05, 0) is 26.7 Å². The van der Waals surface area contributed by atoms with E-state index < -0.39 is 14.4 Å². The van der Waals surface area contributed by atoms with E-state index in [4.69, 9.17) is 19.7 Å². The molecule has 0 amide bonds. The van der Waals surface area contributed by atoms with Gasteiger partial charge in [-0.15, -0.1) is 6.42 Å². The van der Waals surface area contributed by atoms with E-state index in [1.807, 2.05) is 13.8 Å². The van der Waals surface area contributed by atoms with E-state index in [1.165, 1.54) is 19.3 Å². The molecule has 1 aliphatic rings. The first-order valence-corrected chi connectivity index (χ1v) is 8.08. The van der Waals surface area contributed by atoms with Gasteiger partial charge in [0.25, 0.3) is 0 Å². The molecule has 4 heteroatoms. The highest BCUT2D eigenvalue weighted by atomic mass is 28.4. The fraction of sp³-hybridized carbons (Fsp3) is 0.846. The summed E-state index contributed by atoms with van der Waals surface area (Å²) in [7, 11) is 0.714. The van der Waals surface area contributed by atoms with Crippen molar-refractivity contribution in [3.8, 4) is 12.3 Å². The molecule has 0 aromatic carbocycles. The van der Waals surface area contributed by atoms with Crippen molar-refractivity contribution in [2.24, 2.45) is 0 Å². The first kappa shape index (κ1) is 14.7. The molecule has 1 aliphatic carbocycles. The Balaban J connectivity index is 2.84. The average molecular weight is 256 g/mol. The van der Waals surface area contributed by atoms with Gasteiger partial charge in [-0.3, -0.25) is 0 Å². The quantitative estimate of drug-likeness (QED) is 0.559. The van der Waals surface area contributed by atoms with E-state index in [1.54, 1.807) is 14.2 Å². The maximum absolute atomic E-state index is 6.07. The van der Waals surface area contributed by atoms with Gasteiger partial charge < -0.3 is 13.3 Å². The molecule has 3 nitrogen and oxygen atoms in total. The lowest BCUT2D eigenvalue weighted by Crippen LogP contribution is -2.53. The van der Waals surface area contributed by atoms with Crippen LogP contribution >= 0.6 is 0 Å². The van der Waals surface area contributed by atoms with Crippen LogP contribution in [0.3, 0.4) is 0 Å².